The van der Waals surface area contributed by atoms with Crippen molar-refractivity contribution in [2.24, 2.45) is 0 Å². The normalized spacial score (nSPS) is 13.9. The molecule has 3 aromatic rings. The van der Waals surface area contributed by atoms with Gasteiger partial charge in [-0.05, 0) is 42.8 Å². The first-order valence-electron chi connectivity index (χ1n) is 8.46. The summed E-state index contributed by atoms with van der Waals surface area (Å²) in [5.41, 5.74) is 3.39. The fraction of sp³-hybridized carbons (Fsp3) is 0.316. The fourth-order valence-corrected chi connectivity index (χ4v) is 4.11. The van der Waals surface area contributed by atoms with Gasteiger partial charge in [0.15, 0.2) is 0 Å². The molecule has 0 saturated heterocycles. The topological polar surface area (TPSA) is 55.2 Å². The highest BCUT2D eigenvalue weighted by Gasteiger charge is 2.22. The molecule has 2 aromatic heterocycles. The monoisotopic (exact) mass is 353 g/mol. The summed E-state index contributed by atoms with van der Waals surface area (Å²) >= 11 is 1.45. The van der Waals surface area contributed by atoms with Crippen LogP contribution in [0.5, 0.6) is 0 Å². The van der Waals surface area contributed by atoms with Crippen LogP contribution in [0.1, 0.15) is 24.0 Å². The molecule has 0 spiro atoms. The number of fused-ring (bicyclic) bond motifs is 2. The predicted octanol–water partition coefficient (Wildman–Crippen LogP) is 3.14. The first-order chi connectivity index (χ1) is 12.1. The summed E-state index contributed by atoms with van der Waals surface area (Å²) in [6, 6.07) is 8.03. The molecule has 5 nitrogen and oxygen atoms in total. The van der Waals surface area contributed by atoms with Crippen molar-refractivity contribution >= 4 is 33.1 Å². The Bertz CT molecular complexity index is 1010. The second-order valence-electron chi connectivity index (χ2n) is 6.41. The summed E-state index contributed by atoms with van der Waals surface area (Å²) in [6.07, 6.45) is 3.83. The van der Waals surface area contributed by atoms with Crippen LogP contribution in [0, 0.1) is 6.92 Å². The number of nitrogens with zero attached hydrogens (tertiary/aromatic N) is 3. The minimum absolute atomic E-state index is 0.0575. The first-order valence-corrected chi connectivity index (χ1v) is 9.34. The lowest BCUT2D eigenvalue weighted by atomic mass is 9.99. The van der Waals surface area contributed by atoms with Gasteiger partial charge in [-0.3, -0.25) is 14.2 Å². The Morgan fingerprint density at radius 1 is 1.32 bits per heavy atom. The van der Waals surface area contributed by atoms with Gasteiger partial charge < -0.3 is 4.90 Å². The number of carbonyl (C=O) groups excluding carboxylic acids is 1. The number of hydrogen-bond donors (Lipinski definition) is 0. The van der Waals surface area contributed by atoms with Crippen molar-refractivity contribution in [3.05, 3.63) is 57.5 Å². The number of rotatable bonds is 3. The Morgan fingerprint density at radius 2 is 2.20 bits per heavy atom. The molecule has 0 aliphatic carbocycles. The van der Waals surface area contributed by atoms with E-state index >= 15 is 0 Å². The maximum absolute atomic E-state index is 12.7. The molecule has 128 valence electrons. The molecule has 1 amide bonds. The van der Waals surface area contributed by atoms with E-state index in [4.69, 9.17) is 0 Å². The van der Waals surface area contributed by atoms with E-state index < -0.39 is 0 Å². The van der Waals surface area contributed by atoms with Crippen molar-refractivity contribution < 1.29 is 4.79 Å². The van der Waals surface area contributed by atoms with E-state index in [-0.39, 0.29) is 11.5 Å². The van der Waals surface area contributed by atoms with Gasteiger partial charge in [0.2, 0.25) is 5.91 Å². The molecule has 4 rings (SSSR count). The van der Waals surface area contributed by atoms with Gasteiger partial charge in [-0.1, -0.05) is 17.7 Å². The number of benzene rings is 1. The van der Waals surface area contributed by atoms with Gasteiger partial charge in [0.05, 0.1) is 11.7 Å². The smallest absolute Gasteiger partial charge is 0.262 e. The molecule has 1 aliphatic rings. The summed E-state index contributed by atoms with van der Waals surface area (Å²) < 4.78 is 1.53. The van der Waals surface area contributed by atoms with E-state index in [9.17, 15) is 9.59 Å². The maximum atomic E-state index is 12.7. The summed E-state index contributed by atoms with van der Waals surface area (Å²) in [7, 11) is 0. The zero-order chi connectivity index (χ0) is 17.4. The summed E-state index contributed by atoms with van der Waals surface area (Å²) in [5, 5.41) is 2.49. The van der Waals surface area contributed by atoms with Gasteiger partial charge in [-0.15, -0.1) is 11.3 Å². The van der Waals surface area contributed by atoms with E-state index in [1.54, 1.807) is 12.4 Å². The minimum Gasteiger partial charge on any atom is -0.312 e. The number of carbonyl (C=O) groups is 1. The third-order valence-corrected chi connectivity index (χ3v) is 5.49. The Kier molecular flexibility index (Phi) is 4.13. The van der Waals surface area contributed by atoms with Crippen LogP contribution in [-0.4, -0.2) is 22.0 Å². The average molecular weight is 353 g/mol. The molecular formula is C19H19N3O2S. The van der Waals surface area contributed by atoms with E-state index in [2.05, 4.69) is 18.0 Å². The van der Waals surface area contributed by atoms with Crippen LogP contribution in [-0.2, 0) is 17.8 Å². The fourth-order valence-electron chi connectivity index (χ4n) is 3.39. The molecule has 0 unspecified atom stereocenters. The van der Waals surface area contributed by atoms with E-state index in [1.807, 2.05) is 22.4 Å². The van der Waals surface area contributed by atoms with E-state index in [1.165, 1.54) is 27.0 Å². The summed E-state index contributed by atoms with van der Waals surface area (Å²) in [5.74, 6) is 0.0575. The Balaban J connectivity index is 1.53. The lowest BCUT2D eigenvalue weighted by molar-refractivity contribution is -0.118. The lowest BCUT2D eigenvalue weighted by Gasteiger charge is -2.30. The van der Waals surface area contributed by atoms with Crippen LogP contribution in [0.2, 0.25) is 0 Å². The van der Waals surface area contributed by atoms with Crippen molar-refractivity contribution in [3.63, 3.8) is 0 Å². The predicted molar refractivity (Wildman–Crippen MR) is 100 cm³/mol. The maximum Gasteiger partial charge on any atom is 0.262 e. The SMILES string of the molecule is Cc1ccc2c(c1)CCCN2C(=O)CCn1cnc2sccc2c1=O. The summed E-state index contributed by atoms with van der Waals surface area (Å²) in [6.45, 7) is 3.17. The second kappa shape index (κ2) is 6.44. The molecule has 0 fully saturated rings. The molecule has 1 aromatic carbocycles. The number of anilines is 1. The highest BCUT2D eigenvalue weighted by Crippen LogP contribution is 2.28. The molecule has 3 heterocycles. The van der Waals surface area contributed by atoms with Crippen LogP contribution in [0.3, 0.4) is 0 Å². The van der Waals surface area contributed by atoms with E-state index in [0.29, 0.717) is 18.4 Å². The van der Waals surface area contributed by atoms with Gasteiger partial charge in [0.25, 0.3) is 5.56 Å². The molecule has 0 N–H and O–H groups in total. The molecular weight excluding hydrogens is 334 g/mol. The molecule has 0 atom stereocenters. The molecule has 0 bridgehead atoms. The number of aryl methyl sites for hydroxylation is 3. The molecule has 6 heteroatoms. The Hall–Kier alpha value is -2.47. The van der Waals surface area contributed by atoms with Crippen LogP contribution in [0.25, 0.3) is 10.2 Å². The van der Waals surface area contributed by atoms with Crippen LogP contribution >= 0.6 is 11.3 Å². The summed E-state index contributed by atoms with van der Waals surface area (Å²) in [4.78, 5) is 32.1. The van der Waals surface area contributed by atoms with Crippen molar-refractivity contribution in [2.45, 2.75) is 32.7 Å². The molecule has 0 saturated carbocycles. The second-order valence-corrected chi connectivity index (χ2v) is 7.31. The average Bonchev–Trinajstić information content (AvgIpc) is 3.09. The standard InChI is InChI=1S/C19H19N3O2S/c1-13-4-5-16-14(11-13)3-2-8-22(16)17(23)6-9-21-12-20-18-15(19(21)24)7-10-25-18/h4-5,7,10-12H,2-3,6,8-9H2,1H3. The Morgan fingerprint density at radius 3 is 3.08 bits per heavy atom. The number of hydrogen-bond acceptors (Lipinski definition) is 4. The van der Waals surface area contributed by atoms with Crippen molar-refractivity contribution in [1.29, 1.82) is 0 Å². The van der Waals surface area contributed by atoms with Gasteiger partial charge in [0, 0.05) is 25.2 Å². The van der Waals surface area contributed by atoms with Crippen molar-refractivity contribution in [2.75, 3.05) is 11.4 Å². The quantitative estimate of drug-likeness (QED) is 0.727. The highest BCUT2D eigenvalue weighted by molar-refractivity contribution is 7.16. The van der Waals surface area contributed by atoms with E-state index in [0.717, 1.165) is 29.9 Å². The van der Waals surface area contributed by atoms with Gasteiger partial charge in [-0.2, -0.15) is 0 Å². The molecule has 0 radical (unpaired) electrons. The van der Waals surface area contributed by atoms with Gasteiger partial charge >= 0.3 is 0 Å². The third-order valence-electron chi connectivity index (χ3n) is 4.67. The highest BCUT2D eigenvalue weighted by atomic mass is 32.1. The lowest BCUT2D eigenvalue weighted by Crippen LogP contribution is -2.36. The van der Waals surface area contributed by atoms with Crippen LogP contribution < -0.4 is 10.5 Å². The zero-order valence-electron chi connectivity index (χ0n) is 14.1. The van der Waals surface area contributed by atoms with Crippen molar-refractivity contribution in [1.82, 2.24) is 9.55 Å². The minimum atomic E-state index is -0.0753. The molecule has 1 aliphatic heterocycles. The van der Waals surface area contributed by atoms with Gasteiger partial charge in [-0.25, -0.2) is 4.98 Å². The third kappa shape index (κ3) is 2.98. The zero-order valence-corrected chi connectivity index (χ0v) is 14.9. The first kappa shape index (κ1) is 16.0. The van der Waals surface area contributed by atoms with Crippen LogP contribution in [0.4, 0.5) is 5.69 Å². The van der Waals surface area contributed by atoms with Gasteiger partial charge in [0.1, 0.15) is 4.83 Å². The number of aromatic nitrogens is 2. The number of amides is 1. The number of thiophene rings is 1. The van der Waals surface area contributed by atoms with Crippen molar-refractivity contribution in [3.8, 4) is 0 Å². The largest absolute Gasteiger partial charge is 0.312 e. The molecule has 25 heavy (non-hydrogen) atoms. The Labute approximate surface area is 149 Å². The van der Waals surface area contributed by atoms with Crippen LogP contribution in [0.15, 0.2) is 40.8 Å².